The van der Waals surface area contributed by atoms with Gasteiger partial charge in [-0.15, -0.1) is 0 Å². The summed E-state index contributed by atoms with van der Waals surface area (Å²) in [6, 6.07) is 5.83. The van der Waals surface area contributed by atoms with Crippen LogP contribution in [0.1, 0.15) is 38.3 Å². The Labute approximate surface area is 121 Å². The fraction of sp³-hybridized carbons (Fsp3) is 0.438. The number of nitrogens with one attached hydrogen (secondary N) is 1. The monoisotopic (exact) mass is 276 g/mol. The summed E-state index contributed by atoms with van der Waals surface area (Å²) in [4.78, 5) is 11.8. The number of amides is 1. The maximum atomic E-state index is 11.8. The lowest BCUT2D eigenvalue weighted by atomic mass is 10.0. The van der Waals surface area contributed by atoms with E-state index in [0.29, 0.717) is 6.54 Å². The minimum atomic E-state index is -0.515. The number of carbonyl (C=O) groups is 1. The van der Waals surface area contributed by atoms with Gasteiger partial charge in [-0.3, -0.25) is 5.32 Å². The molecule has 0 saturated carbocycles. The quantitative estimate of drug-likeness (QED) is 0.881. The smallest absolute Gasteiger partial charge is 0.412 e. The average molecular weight is 276 g/mol. The molecule has 4 nitrogen and oxygen atoms in total. The van der Waals surface area contributed by atoms with Gasteiger partial charge in [-0.2, -0.15) is 0 Å². The first-order valence-electron chi connectivity index (χ1n) is 6.72. The van der Waals surface area contributed by atoms with Crippen LogP contribution in [0.15, 0.2) is 24.8 Å². The Balaban J connectivity index is 2.87. The maximum Gasteiger partial charge on any atom is 0.412 e. The Morgan fingerprint density at radius 1 is 1.40 bits per heavy atom. The molecule has 0 aromatic heterocycles. The van der Waals surface area contributed by atoms with Gasteiger partial charge in [0, 0.05) is 5.69 Å². The predicted molar refractivity (Wildman–Crippen MR) is 83.7 cm³/mol. The molecule has 0 fully saturated rings. The molecule has 0 unspecified atom stereocenters. The van der Waals surface area contributed by atoms with Crippen molar-refractivity contribution in [1.29, 1.82) is 0 Å². The molecular weight excluding hydrogens is 252 g/mol. The molecule has 1 aromatic rings. The molecule has 110 valence electrons. The number of aryl methyl sites for hydroxylation is 1. The zero-order valence-corrected chi connectivity index (χ0v) is 12.7. The number of ether oxygens (including phenoxy) is 1. The Hall–Kier alpha value is -1.81. The minimum Gasteiger partial charge on any atom is -0.444 e. The van der Waals surface area contributed by atoms with Crippen LogP contribution in [0.4, 0.5) is 10.5 Å². The SMILES string of the molecule is C=C(CCN)c1ccc(C)c(NC(=O)OC(C)(C)C)c1. The van der Waals surface area contributed by atoms with Gasteiger partial charge in [-0.25, -0.2) is 4.79 Å². The van der Waals surface area contributed by atoms with Crippen LogP contribution in [0.3, 0.4) is 0 Å². The van der Waals surface area contributed by atoms with E-state index < -0.39 is 11.7 Å². The van der Waals surface area contributed by atoms with Crippen molar-refractivity contribution in [3.05, 3.63) is 35.9 Å². The normalized spacial score (nSPS) is 11.1. The molecule has 0 heterocycles. The molecule has 0 spiro atoms. The van der Waals surface area contributed by atoms with E-state index in [1.54, 1.807) is 0 Å². The number of benzene rings is 1. The highest BCUT2D eigenvalue weighted by Crippen LogP contribution is 2.23. The number of hydrogen-bond donors (Lipinski definition) is 2. The summed E-state index contributed by atoms with van der Waals surface area (Å²) < 4.78 is 5.25. The molecule has 20 heavy (non-hydrogen) atoms. The van der Waals surface area contributed by atoms with Gasteiger partial charge in [0.15, 0.2) is 0 Å². The van der Waals surface area contributed by atoms with Gasteiger partial charge in [0.05, 0.1) is 0 Å². The molecule has 1 rings (SSSR count). The van der Waals surface area contributed by atoms with Gasteiger partial charge < -0.3 is 10.5 Å². The van der Waals surface area contributed by atoms with Crippen molar-refractivity contribution >= 4 is 17.4 Å². The van der Waals surface area contributed by atoms with Gasteiger partial charge in [-0.05, 0) is 63.4 Å². The highest BCUT2D eigenvalue weighted by atomic mass is 16.6. The van der Waals surface area contributed by atoms with Crippen LogP contribution < -0.4 is 11.1 Å². The van der Waals surface area contributed by atoms with E-state index in [4.69, 9.17) is 10.5 Å². The Morgan fingerprint density at radius 2 is 2.05 bits per heavy atom. The summed E-state index contributed by atoms with van der Waals surface area (Å²) in [6.45, 7) is 12.0. The lowest BCUT2D eigenvalue weighted by Gasteiger charge is -2.20. The molecule has 0 aliphatic heterocycles. The van der Waals surface area contributed by atoms with Crippen LogP contribution in [0, 0.1) is 6.92 Å². The predicted octanol–water partition coefficient (Wildman–Crippen LogP) is 3.70. The Morgan fingerprint density at radius 3 is 2.60 bits per heavy atom. The lowest BCUT2D eigenvalue weighted by molar-refractivity contribution is 0.0636. The van der Waals surface area contributed by atoms with Gasteiger partial charge in [0.2, 0.25) is 0 Å². The number of rotatable bonds is 4. The van der Waals surface area contributed by atoms with Crippen molar-refractivity contribution in [2.75, 3.05) is 11.9 Å². The third-order valence-corrected chi connectivity index (χ3v) is 2.73. The fourth-order valence-electron chi connectivity index (χ4n) is 1.71. The second-order valence-electron chi connectivity index (χ2n) is 5.80. The zero-order chi connectivity index (χ0) is 15.3. The van der Waals surface area contributed by atoms with Crippen LogP contribution in [-0.2, 0) is 4.74 Å². The highest BCUT2D eigenvalue weighted by molar-refractivity contribution is 5.87. The van der Waals surface area contributed by atoms with E-state index in [0.717, 1.165) is 28.8 Å². The molecule has 0 atom stereocenters. The molecule has 0 bridgehead atoms. The lowest BCUT2D eigenvalue weighted by Crippen LogP contribution is -2.27. The van der Waals surface area contributed by atoms with E-state index in [1.807, 2.05) is 45.9 Å². The number of hydrogen-bond acceptors (Lipinski definition) is 3. The summed E-state index contributed by atoms with van der Waals surface area (Å²) in [5.74, 6) is 0. The average Bonchev–Trinajstić information content (AvgIpc) is 2.29. The van der Waals surface area contributed by atoms with E-state index >= 15 is 0 Å². The van der Waals surface area contributed by atoms with Crippen LogP contribution in [0.25, 0.3) is 5.57 Å². The highest BCUT2D eigenvalue weighted by Gasteiger charge is 2.17. The first-order valence-corrected chi connectivity index (χ1v) is 6.72. The van der Waals surface area contributed by atoms with E-state index in [1.165, 1.54) is 0 Å². The van der Waals surface area contributed by atoms with Crippen LogP contribution in [0.2, 0.25) is 0 Å². The van der Waals surface area contributed by atoms with Crippen molar-refractivity contribution < 1.29 is 9.53 Å². The zero-order valence-electron chi connectivity index (χ0n) is 12.7. The first-order chi connectivity index (χ1) is 9.23. The molecule has 0 radical (unpaired) electrons. The molecular formula is C16H24N2O2. The van der Waals surface area contributed by atoms with Gasteiger partial charge in [-0.1, -0.05) is 18.7 Å². The van der Waals surface area contributed by atoms with Crippen LogP contribution in [-0.4, -0.2) is 18.2 Å². The molecule has 4 heteroatoms. The topological polar surface area (TPSA) is 64.3 Å². The molecule has 0 saturated heterocycles. The summed E-state index contributed by atoms with van der Waals surface area (Å²) in [6.07, 6.45) is 0.275. The Bertz CT molecular complexity index is 502. The van der Waals surface area contributed by atoms with Gasteiger partial charge in [0.1, 0.15) is 5.60 Å². The van der Waals surface area contributed by atoms with Crippen molar-refractivity contribution in [1.82, 2.24) is 0 Å². The molecule has 1 amide bonds. The number of carbonyl (C=O) groups excluding carboxylic acids is 1. The molecule has 0 aliphatic carbocycles. The van der Waals surface area contributed by atoms with E-state index in [-0.39, 0.29) is 0 Å². The molecule has 1 aromatic carbocycles. The number of anilines is 1. The van der Waals surface area contributed by atoms with Gasteiger partial charge in [0.25, 0.3) is 0 Å². The second-order valence-corrected chi connectivity index (χ2v) is 5.80. The van der Waals surface area contributed by atoms with Gasteiger partial charge >= 0.3 is 6.09 Å². The number of nitrogens with two attached hydrogens (primary N) is 1. The van der Waals surface area contributed by atoms with Crippen LogP contribution in [0.5, 0.6) is 0 Å². The molecule has 0 aliphatic rings. The summed E-state index contributed by atoms with van der Waals surface area (Å²) >= 11 is 0. The van der Waals surface area contributed by atoms with E-state index in [2.05, 4.69) is 11.9 Å². The summed E-state index contributed by atoms with van der Waals surface area (Å²) in [7, 11) is 0. The summed E-state index contributed by atoms with van der Waals surface area (Å²) in [5, 5.41) is 2.77. The van der Waals surface area contributed by atoms with Crippen molar-refractivity contribution in [2.24, 2.45) is 5.73 Å². The largest absolute Gasteiger partial charge is 0.444 e. The third kappa shape index (κ3) is 5.05. The maximum absolute atomic E-state index is 11.8. The standard InChI is InChI=1S/C16H24N2O2/c1-11(8-9-17)13-7-6-12(2)14(10-13)18-15(19)20-16(3,4)5/h6-7,10H,1,8-9,17H2,2-5H3,(H,18,19). The summed E-state index contributed by atoms with van der Waals surface area (Å²) in [5.41, 5.74) is 8.66. The first kappa shape index (κ1) is 16.2. The Kier molecular flexibility index (Phi) is 5.34. The minimum absolute atomic E-state index is 0.456. The second kappa shape index (κ2) is 6.57. The van der Waals surface area contributed by atoms with Crippen molar-refractivity contribution in [3.8, 4) is 0 Å². The van der Waals surface area contributed by atoms with Crippen molar-refractivity contribution in [2.45, 2.75) is 39.7 Å². The molecule has 3 N–H and O–H groups in total. The van der Waals surface area contributed by atoms with E-state index in [9.17, 15) is 4.79 Å². The fourth-order valence-corrected chi connectivity index (χ4v) is 1.71. The van der Waals surface area contributed by atoms with Crippen molar-refractivity contribution in [3.63, 3.8) is 0 Å². The van der Waals surface area contributed by atoms with Crippen LogP contribution >= 0.6 is 0 Å². The third-order valence-electron chi connectivity index (χ3n) is 2.73.